The Morgan fingerprint density at radius 1 is 1.21 bits per heavy atom. The number of benzene rings is 1. The van der Waals surface area contributed by atoms with E-state index in [1.807, 2.05) is 0 Å². The summed E-state index contributed by atoms with van der Waals surface area (Å²) in [7, 11) is 6.12. The summed E-state index contributed by atoms with van der Waals surface area (Å²) in [5, 5.41) is 4.12. The first kappa shape index (κ1) is 19.7. The molecule has 1 saturated heterocycles. The molecule has 1 amide bonds. The molecule has 0 bridgehead atoms. The van der Waals surface area contributed by atoms with Crippen LogP contribution in [-0.4, -0.2) is 66.0 Å². The Bertz CT molecular complexity index is 879. The van der Waals surface area contributed by atoms with Gasteiger partial charge in [-0.15, -0.1) is 5.10 Å². The number of rotatable bonds is 6. The van der Waals surface area contributed by atoms with Crippen LogP contribution in [0.4, 0.5) is 0 Å². The molecule has 0 radical (unpaired) electrons. The van der Waals surface area contributed by atoms with E-state index in [2.05, 4.69) is 10.1 Å². The molecule has 0 spiro atoms. The highest BCUT2D eigenvalue weighted by molar-refractivity contribution is 5.91. The second-order valence-corrected chi connectivity index (χ2v) is 6.67. The summed E-state index contributed by atoms with van der Waals surface area (Å²) in [5.74, 6) is 0.495. The topological polar surface area (TPSA) is 95.8 Å². The van der Waals surface area contributed by atoms with Gasteiger partial charge in [0.15, 0.2) is 0 Å². The number of aryl methyl sites for hydroxylation is 1. The van der Waals surface area contributed by atoms with Crippen LogP contribution in [0.5, 0.6) is 11.8 Å². The van der Waals surface area contributed by atoms with Crippen LogP contribution in [0, 0.1) is 5.92 Å². The molecule has 1 aromatic carbocycles. The molecule has 150 valence electrons. The molecule has 1 aliphatic heterocycles. The predicted molar refractivity (Wildman–Crippen MR) is 99.6 cm³/mol. The van der Waals surface area contributed by atoms with Crippen LogP contribution >= 0.6 is 0 Å². The lowest BCUT2D eigenvalue weighted by atomic mass is 9.96. The van der Waals surface area contributed by atoms with Crippen LogP contribution in [0.1, 0.15) is 33.0 Å². The molecule has 0 saturated carbocycles. The van der Waals surface area contributed by atoms with Crippen LogP contribution < -0.4 is 9.47 Å². The summed E-state index contributed by atoms with van der Waals surface area (Å²) in [5.41, 5.74) is 1.40. The zero-order chi connectivity index (χ0) is 20.3. The number of hydrogen-bond donors (Lipinski definition) is 0. The van der Waals surface area contributed by atoms with Crippen molar-refractivity contribution in [3.8, 4) is 11.8 Å². The van der Waals surface area contributed by atoms with E-state index >= 15 is 0 Å². The van der Waals surface area contributed by atoms with Gasteiger partial charge in [-0.1, -0.05) is 0 Å². The summed E-state index contributed by atoms with van der Waals surface area (Å²) >= 11 is 0. The van der Waals surface area contributed by atoms with Crippen molar-refractivity contribution in [2.24, 2.45) is 13.0 Å². The Hall–Kier alpha value is -3.10. The molecule has 3 rings (SSSR count). The number of methoxy groups -OCH3 is 3. The summed E-state index contributed by atoms with van der Waals surface area (Å²) in [6.07, 6.45) is 1.54. The Balaban J connectivity index is 1.70. The third-order valence-corrected chi connectivity index (χ3v) is 4.88. The lowest BCUT2D eigenvalue weighted by Crippen LogP contribution is -2.30. The van der Waals surface area contributed by atoms with Crippen molar-refractivity contribution in [1.29, 1.82) is 0 Å². The molecular weight excluding hydrogens is 364 g/mol. The van der Waals surface area contributed by atoms with Crippen LogP contribution in [0.2, 0.25) is 0 Å². The number of aromatic nitrogens is 3. The maximum Gasteiger partial charge on any atom is 0.337 e. The van der Waals surface area contributed by atoms with Gasteiger partial charge in [-0.25, -0.2) is 9.48 Å². The van der Waals surface area contributed by atoms with E-state index in [9.17, 15) is 9.59 Å². The molecule has 1 unspecified atom stereocenters. The SMILES string of the molecule is COC(=O)c1ccc(OC)c(CC2CCN(C(=O)c3nc(OC)n(C)n3)C2)c1. The van der Waals surface area contributed by atoms with Crippen molar-refractivity contribution >= 4 is 11.9 Å². The summed E-state index contributed by atoms with van der Waals surface area (Å²) < 4.78 is 16.7. The number of hydrogen-bond acceptors (Lipinski definition) is 7. The normalized spacial score (nSPS) is 16.1. The molecular formula is C19H24N4O5. The Labute approximate surface area is 163 Å². The van der Waals surface area contributed by atoms with Crippen LogP contribution in [0.25, 0.3) is 0 Å². The van der Waals surface area contributed by atoms with Gasteiger partial charge >= 0.3 is 12.0 Å². The van der Waals surface area contributed by atoms with E-state index in [1.165, 1.54) is 18.9 Å². The number of carbonyl (C=O) groups is 2. The second kappa shape index (κ2) is 8.28. The minimum Gasteiger partial charge on any atom is -0.496 e. The average molecular weight is 388 g/mol. The number of carbonyl (C=O) groups excluding carboxylic acids is 2. The highest BCUT2D eigenvalue weighted by atomic mass is 16.5. The van der Waals surface area contributed by atoms with Crippen molar-refractivity contribution in [2.45, 2.75) is 12.8 Å². The number of ether oxygens (including phenoxy) is 3. The predicted octanol–water partition coefficient (Wildman–Crippen LogP) is 1.32. The van der Waals surface area contributed by atoms with Gasteiger partial charge in [-0.05, 0) is 42.5 Å². The van der Waals surface area contributed by atoms with Crippen molar-refractivity contribution < 1.29 is 23.8 Å². The number of esters is 1. The van der Waals surface area contributed by atoms with Crippen molar-refractivity contribution in [3.05, 3.63) is 35.2 Å². The molecule has 0 aliphatic carbocycles. The molecule has 1 aliphatic rings. The van der Waals surface area contributed by atoms with E-state index in [1.54, 1.807) is 37.3 Å². The smallest absolute Gasteiger partial charge is 0.337 e. The highest BCUT2D eigenvalue weighted by Gasteiger charge is 2.30. The maximum absolute atomic E-state index is 12.7. The van der Waals surface area contributed by atoms with Gasteiger partial charge < -0.3 is 19.1 Å². The first-order chi connectivity index (χ1) is 13.5. The Morgan fingerprint density at radius 3 is 2.64 bits per heavy atom. The fourth-order valence-electron chi connectivity index (χ4n) is 3.46. The molecule has 1 aromatic heterocycles. The first-order valence-electron chi connectivity index (χ1n) is 8.96. The Kier molecular flexibility index (Phi) is 5.81. The third kappa shape index (κ3) is 3.92. The van der Waals surface area contributed by atoms with Crippen molar-refractivity contribution in [1.82, 2.24) is 19.7 Å². The first-order valence-corrected chi connectivity index (χ1v) is 8.96. The van der Waals surface area contributed by atoms with Gasteiger partial charge in [0.1, 0.15) is 5.75 Å². The lowest BCUT2D eigenvalue weighted by molar-refractivity contribution is 0.0600. The van der Waals surface area contributed by atoms with Gasteiger partial charge in [0.2, 0.25) is 5.82 Å². The van der Waals surface area contributed by atoms with E-state index in [-0.39, 0.29) is 23.6 Å². The minimum atomic E-state index is -0.387. The van der Waals surface area contributed by atoms with Gasteiger partial charge in [0.05, 0.1) is 26.9 Å². The zero-order valence-corrected chi connectivity index (χ0v) is 16.5. The molecule has 28 heavy (non-hydrogen) atoms. The quantitative estimate of drug-likeness (QED) is 0.689. The van der Waals surface area contributed by atoms with Crippen LogP contribution in [0.15, 0.2) is 18.2 Å². The largest absolute Gasteiger partial charge is 0.496 e. The van der Waals surface area contributed by atoms with E-state index < -0.39 is 0 Å². The maximum atomic E-state index is 12.7. The van der Waals surface area contributed by atoms with Gasteiger partial charge in [-0.2, -0.15) is 4.98 Å². The fourth-order valence-corrected chi connectivity index (χ4v) is 3.46. The van der Waals surface area contributed by atoms with E-state index in [0.29, 0.717) is 36.8 Å². The summed E-state index contributed by atoms with van der Waals surface area (Å²) in [4.78, 5) is 30.4. The molecule has 2 heterocycles. The second-order valence-electron chi connectivity index (χ2n) is 6.67. The molecule has 9 nitrogen and oxygen atoms in total. The third-order valence-electron chi connectivity index (χ3n) is 4.88. The molecule has 0 N–H and O–H groups in total. The number of likely N-dealkylation sites (tertiary alicyclic amines) is 1. The number of nitrogens with zero attached hydrogens (tertiary/aromatic N) is 4. The molecule has 1 fully saturated rings. The van der Waals surface area contributed by atoms with E-state index in [4.69, 9.17) is 14.2 Å². The average Bonchev–Trinajstić information content (AvgIpc) is 3.33. The minimum absolute atomic E-state index is 0.130. The van der Waals surface area contributed by atoms with Crippen molar-refractivity contribution in [3.63, 3.8) is 0 Å². The number of amides is 1. The Morgan fingerprint density at radius 2 is 2.00 bits per heavy atom. The summed E-state index contributed by atoms with van der Waals surface area (Å²) in [6.45, 7) is 1.22. The lowest BCUT2D eigenvalue weighted by Gasteiger charge is -2.16. The molecule has 1 atom stereocenters. The zero-order valence-electron chi connectivity index (χ0n) is 16.5. The highest BCUT2D eigenvalue weighted by Crippen LogP contribution is 2.28. The van der Waals surface area contributed by atoms with Crippen molar-refractivity contribution in [2.75, 3.05) is 34.4 Å². The van der Waals surface area contributed by atoms with E-state index in [0.717, 1.165) is 12.0 Å². The molecule has 9 heteroatoms. The fraction of sp³-hybridized carbons (Fsp3) is 0.474. The van der Waals surface area contributed by atoms with Crippen LogP contribution in [-0.2, 0) is 18.2 Å². The van der Waals surface area contributed by atoms with Gasteiger partial charge in [0.25, 0.3) is 5.91 Å². The van der Waals surface area contributed by atoms with Gasteiger partial charge in [-0.3, -0.25) is 4.79 Å². The van der Waals surface area contributed by atoms with Gasteiger partial charge in [0, 0.05) is 20.1 Å². The standard InChI is InChI=1S/C19H24N4O5/c1-22-19(28-4)20-16(21-22)17(24)23-8-7-12(11-23)9-14-10-13(18(25)27-3)5-6-15(14)26-2/h5-6,10,12H,7-9,11H2,1-4H3. The van der Waals surface area contributed by atoms with Crippen LogP contribution in [0.3, 0.4) is 0 Å². The monoisotopic (exact) mass is 388 g/mol. The summed E-state index contributed by atoms with van der Waals surface area (Å²) in [6, 6.07) is 5.53. The molecule has 2 aromatic rings.